The number of fused-ring (bicyclic) bond motifs is 1. The van der Waals surface area contributed by atoms with Crippen LogP contribution >= 0.6 is 11.8 Å². The minimum Gasteiger partial charge on any atom is -0.454 e. The van der Waals surface area contributed by atoms with Crippen LogP contribution in [-0.2, 0) is 20.8 Å². The summed E-state index contributed by atoms with van der Waals surface area (Å²) >= 11 is 1.26. The number of carbonyl (C=O) groups is 1. The highest BCUT2D eigenvalue weighted by Crippen LogP contribution is 2.40. The van der Waals surface area contributed by atoms with Crippen molar-refractivity contribution in [3.8, 4) is 11.5 Å². The zero-order chi connectivity index (χ0) is 25.1. The molecule has 2 atom stereocenters. The second kappa shape index (κ2) is 10.3. The number of aliphatic hydroxyl groups is 1. The van der Waals surface area contributed by atoms with E-state index in [9.17, 15) is 9.90 Å². The van der Waals surface area contributed by atoms with Gasteiger partial charge in [0.2, 0.25) is 16.9 Å². The van der Waals surface area contributed by atoms with Gasteiger partial charge < -0.3 is 34.6 Å². The van der Waals surface area contributed by atoms with Crippen molar-refractivity contribution in [3.05, 3.63) is 60.0 Å². The van der Waals surface area contributed by atoms with Crippen molar-refractivity contribution in [2.75, 3.05) is 12.3 Å². The van der Waals surface area contributed by atoms with E-state index in [4.69, 9.17) is 19.6 Å². The van der Waals surface area contributed by atoms with Crippen LogP contribution in [0.1, 0.15) is 25.2 Å². The maximum Gasteiger partial charge on any atom is 0.268 e. The molecule has 0 aliphatic carbocycles. The number of amides is 1. The molecule has 4 N–H and O–H groups in total. The SMILES string of the molecule is CC(O)C(=O)NCCCn1c(SC2=COC(c3ccccc3-c3ncco3)O2)nc2c(N)ncnc21. The highest BCUT2D eigenvalue weighted by Gasteiger charge is 2.28. The summed E-state index contributed by atoms with van der Waals surface area (Å²) in [5.41, 5.74) is 8.60. The second-order valence-corrected chi connectivity index (χ2v) is 8.82. The minimum absolute atomic E-state index is 0.262. The quantitative estimate of drug-likeness (QED) is 0.284. The van der Waals surface area contributed by atoms with Crippen molar-refractivity contribution >= 4 is 34.7 Å². The van der Waals surface area contributed by atoms with E-state index in [1.165, 1.54) is 37.5 Å². The van der Waals surface area contributed by atoms with Crippen LogP contribution in [-0.4, -0.2) is 48.2 Å². The van der Waals surface area contributed by atoms with Crippen LogP contribution in [0.3, 0.4) is 0 Å². The van der Waals surface area contributed by atoms with Gasteiger partial charge in [0.1, 0.15) is 25.0 Å². The Hall–Kier alpha value is -4.10. The average molecular weight is 510 g/mol. The zero-order valence-electron chi connectivity index (χ0n) is 19.2. The number of hydrogen-bond acceptors (Lipinski definition) is 11. The van der Waals surface area contributed by atoms with Crippen molar-refractivity contribution in [1.29, 1.82) is 0 Å². The smallest absolute Gasteiger partial charge is 0.268 e. The number of ether oxygens (including phenoxy) is 2. The predicted molar refractivity (Wildman–Crippen MR) is 130 cm³/mol. The Balaban J connectivity index is 1.33. The number of nitrogens with two attached hydrogens (primary N) is 1. The number of anilines is 1. The third kappa shape index (κ3) is 4.83. The molecule has 5 rings (SSSR count). The lowest BCUT2D eigenvalue weighted by molar-refractivity contribution is -0.128. The fourth-order valence-corrected chi connectivity index (χ4v) is 4.46. The number of nitrogen functional groups attached to an aromatic ring is 1. The number of aliphatic hydroxyl groups excluding tert-OH is 1. The van der Waals surface area contributed by atoms with Crippen LogP contribution in [0.25, 0.3) is 22.6 Å². The molecular weight excluding hydrogens is 486 g/mol. The van der Waals surface area contributed by atoms with Crippen molar-refractivity contribution in [3.63, 3.8) is 0 Å². The second-order valence-electron chi connectivity index (χ2n) is 7.85. The maximum absolute atomic E-state index is 11.6. The normalized spacial score (nSPS) is 15.8. The summed E-state index contributed by atoms with van der Waals surface area (Å²) in [7, 11) is 0. The van der Waals surface area contributed by atoms with Crippen LogP contribution in [0.4, 0.5) is 5.82 Å². The Bertz CT molecular complexity index is 1400. The molecule has 4 heterocycles. The number of hydrogen-bond donors (Lipinski definition) is 3. The molecule has 3 aromatic heterocycles. The van der Waals surface area contributed by atoms with Gasteiger partial charge in [-0.1, -0.05) is 18.2 Å². The molecule has 2 unspecified atom stereocenters. The average Bonchev–Trinajstić information content (AvgIpc) is 3.63. The van der Waals surface area contributed by atoms with E-state index >= 15 is 0 Å². The molecule has 4 aromatic rings. The lowest BCUT2D eigenvalue weighted by atomic mass is 10.1. The van der Waals surface area contributed by atoms with Gasteiger partial charge in [-0.15, -0.1) is 0 Å². The standard InChI is InChI=1S/C23H23N7O5S/c1-13(31)20(32)25-7-4-9-30-19-17(18(24)27-12-28-19)29-23(30)36-16-11-34-22(35-16)15-6-3-2-5-14(15)21-26-8-10-33-21/h2-3,5-6,8,10-13,22,31H,4,7,9H2,1H3,(H,25,32)(H2,24,27,28). The number of rotatable bonds is 9. The van der Waals surface area contributed by atoms with Gasteiger partial charge in [0.25, 0.3) is 6.29 Å². The molecule has 36 heavy (non-hydrogen) atoms. The first-order valence-corrected chi connectivity index (χ1v) is 11.9. The molecule has 0 radical (unpaired) electrons. The third-order valence-corrected chi connectivity index (χ3v) is 6.23. The van der Waals surface area contributed by atoms with E-state index in [-0.39, 0.29) is 5.82 Å². The first kappa shape index (κ1) is 23.6. The Kier molecular flexibility index (Phi) is 6.73. The number of aromatic nitrogens is 5. The van der Waals surface area contributed by atoms with Gasteiger partial charge in [-0.05, 0) is 31.2 Å². The van der Waals surface area contributed by atoms with Crippen molar-refractivity contribution < 1.29 is 23.8 Å². The summed E-state index contributed by atoms with van der Waals surface area (Å²) in [6.07, 6.45) is 4.82. The van der Waals surface area contributed by atoms with Gasteiger partial charge in [0.15, 0.2) is 22.1 Å². The highest BCUT2D eigenvalue weighted by molar-refractivity contribution is 8.02. The Morgan fingerprint density at radius 2 is 2.17 bits per heavy atom. The number of carbonyl (C=O) groups excluding carboxylic acids is 1. The predicted octanol–water partition coefficient (Wildman–Crippen LogP) is 2.59. The molecule has 1 aromatic carbocycles. The number of benzene rings is 1. The molecule has 1 aliphatic rings. The molecule has 12 nitrogen and oxygen atoms in total. The van der Waals surface area contributed by atoms with Gasteiger partial charge >= 0.3 is 0 Å². The summed E-state index contributed by atoms with van der Waals surface area (Å²) in [5, 5.41) is 13.1. The molecule has 1 amide bonds. The molecule has 0 saturated heterocycles. The molecule has 186 valence electrons. The van der Waals surface area contributed by atoms with Crippen LogP contribution < -0.4 is 11.1 Å². The van der Waals surface area contributed by atoms with Crippen molar-refractivity contribution in [2.45, 2.75) is 37.4 Å². The maximum atomic E-state index is 11.6. The zero-order valence-corrected chi connectivity index (χ0v) is 20.0. The lowest BCUT2D eigenvalue weighted by Gasteiger charge is -2.14. The summed E-state index contributed by atoms with van der Waals surface area (Å²) in [6.45, 7) is 2.28. The first-order valence-electron chi connectivity index (χ1n) is 11.1. The van der Waals surface area contributed by atoms with Gasteiger partial charge in [-0.2, -0.15) is 0 Å². The molecule has 0 fully saturated rings. The molecule has 0 spiro atoms. The van der Waals surface area contributed by atoms with E-state index < -0.39 is 18.3 Å². The number of nitrogens with zero attached hydrogens (tertiary/aromatic N) is 5. The molecule has 1 aliphatic heterocycles. The fourth-order valence-electron chi connectivity index (χ4n) is 3.62. The van der Waals surface area contributed by atoms with E-state index in [1.807, 2.05) is 28.8 Å². The summed E-state index contributed by atoms with van der Waals surface area (Å²) in [4.78, 5) is 28.9. The highest BCUT2D eigenvalue weighted by atomic mass is 32.2. The molecule has 0 bridgehead atoms. The van der Waals surface area contributed by atoms with Crippen LogP contribution in [0.2, 0.25) is 0 Å². The van der Waals surface area contributed by atoms with Gasteiger partial charge in [-0.25, -0.2) is 19.9 Å². The summed E-state index contributed by atoms with van der Waals surface area (Å²) < 4.78 is 19.2. The van der Waals surface area contributed by atoms with Crippen LogP contribution in [0.5, 0.6) is 0 Å². The molecular formula is C23H23N7O5S. The monoisotopic (exact) mass is 509 g/mol. The lowest BCUT2D eigenvalue weighted by Crippen LogP contribution is -2.33. The van der Waals surface area contributed by atoms with E-state index in [0.717, 1.165) is 11.1 Å². The van der Waals surface area contributed by atoms with Crippen molar-refractivity contribution in [1.82, 2.24) is 29.8 Å². The van der Waals surface area contributed by atoms with E-state index in [2.05, 4.69) is 25.3 Å². The first-order chi connectivity index (χ1) is 17.5. The van der Waals surface area contributed by atoms with Gasteiger partial charge in [-0.3, -0.25) is 4.79 Å². The number of thioether (sulfide) groups is 1. The van der Waals surface area contributed by atoms with Gasteiger partial charge in [0.05, 0.1) is 6.20 Å². The number of aryl methyl sites for hydroxylation is 1. The molecule has 0 saturated carbocycles. The Labute approximate surface area is 209 Å². The molecule has 13 heteroatoms. The topological polar surface area (TPSA) is 163 Å². The largest absolute Gasteiger partial charge is 0.454 e. The Morgan fingerprint density at radius 1 is 1.31 bits per heavy atom. The minimum atomic E-state index is -1.06. The van der Waals surface area contributed by atoms with E-state index in [0.29, 0.717) is 46.8 Å². The fraction of sp³-hybridized carbons (Fsp3) is 0.261. The summed E-state index contributed by atoms with van der Waals surface area (Å²) in [5.74, 6) is 0.306. The number of nitrogens with one attached hydrogen (secondary N) is 1. The Morgan fingerprint density at radius 3 is 2.97 bits per heavy atom. The number of imidazole rings is 1. The van der Waals surface area contributed by atoms with Crippen LogP contribution in [0, 0.1) is 0 Å². The van der Waals surface area contributed by atoms with Crippen LogP contribution in [0.15, 0.2) is 64.0 Å². The van der Waals surface area contributed by atoms with Gasteiger partial charge in [0, 0.05) is 24.2 Å². The number of oxazole rings is 1. The summed E-state index contributed by atoms with van der Waals surface area (Å²) in [6, 6.07) is 7.55. The third-order valence-electron chi connectivity index (χ3n) is 5.34. The van der Waals surface area contributed by atoms with E-state index in [1.54, 1.807) is 6.20 Å². The van der Waals surface area contributed by atoms with Crippen molar-refractivity contribution in [2.24, 2.45) is 0 Å².